The highest BCUT2D eigenvalue weighted by atomic mass is 19.1. The number of hydrogen-bond acceptors (Lipinski definition) is 2. The van der Waals surface area contributed by atoms with Crippen molar-refractivity contribution in [3.63, 3.8) is 0 Å². The van der Waals surface area contributed by atoms with Crippen LogP contribution in [-0.2, 0) is 0 Å². The first-order valence-corrected chi connectivity index (χ1v) is 4.48. The molecule has 0 fully saturated rings. The lowest BCUT2D eigenvalue weighted by Crippen LogP contribution is -2.25. The van der Waals surface area contributed by atoms with Crippen molar-refractivity contribution < 1.29 is 9.18 Å². The molecular formula is C10H13FN2O. The highest BCUT2D eigenvalue weighted by Crippen LogP contribution is 2.02. The lowest BCUT2D eigenvalue weighted by molar-refractivity contribution is 0.0953. The highest BCUT2D eigenvalue weighted by Gasteiger charge is 2.03. The van der Waals surface area contributed by atoms with Gasteiger partial charge in [-0.15, -0.1) is 0 Å². The zero-order chi connectivity index (χ0) is 10.4. The minimum Gasteiger partial charge on any atom is -0.352 e. The summed E-state index contributed by atoms with van der Waals surface area (Å²) < 4.78 is 12.5. The molecule has 0 saturated heterocycles. The average Bonchev–Trinajstić information content (AvgIpc) is 2.19. The van der Waals surface area contributed by atoms with Gasteiger partial charge in [0.05, 0.1) is 0 Å². The van der Waals surface area contributed by atoms with E-state index in [1.807, 2.05) is 0 Å². The van der Waals surface area contributed by atoms with E-state index in [0.29, 0.717) is 18.7 Å². The van der Waals surface area contributed by atoms with Gasteiger partial charge in [-0.05, 0) is 37.2 Å². The highest BCUT2D eigenvalue weighted by molar-refractivity contribution is 5.94. The second-order valence-electron chi connectivity index (χ2n) is 2.91. The third-order valence-electron chi connectivity index (χ3n) is 1.77. The van der Waals surface area contributed by atoms with E-state index in [0.717, 1.165) is 6.42 Å². The van der Waals surface area contributed by atoms with Gasteiger partial charge in [0.25, 0.3) is 5.91 Å². The molecule has 3 N–H and O–H groups in total. The van der Waals surface area contributed by atoms with Gasteiger partial charge < -0.3 is 11.1 Å². The van der Waals surface area contributed by atoms with E-state index in [1.165, 1.54) is 24.3 Å². The first-order valence-electron chi connectivity index (χ1n) is 4.48. The molecule has 1 amide bonds. The predicted octanol–water partition coefficient (Wildman–Crippen LogP) is 0.904. The maximum absolute atomic E-state index is 12.5. The Labute approximate surface area is 82.1 Å². The molecule has 0 bridgehead atoms. The van der Waals surface area contributed by atoms with Crippen LogP contribution in [-0.4, -0.2) is 19.0 Å². The molecule has 0 unspecified atom stereocenters. The number of nitrogens with two attached hydrogens (primary N) is 1. The lowest BCUT2D eigenvalue weighted by Gasteiger charge is -2.03. The van der Waals surface area contributed by atoms with Crippen LogP contribution >= 0.6 is 0 Å². The lowest BCUT2D eigenvalue weighted by atomic mass is 10.2. The van der Waals surface area contributed by atoms with Gasteiger partial charge in [-0.25, -0.2) is 4.39 Å². The van der Waals surface area contributed by atoms with E-state index in [-0.39, 0.29) is 11.7 Å². The number of halogens is 1. The van der Waals surface area contributed by atoms with E-state index in [1.54, 1.807) is 0 Å². The van der Waals surface area contributed by atoms with Crippen LogP contribution in [0.2, 0.25) is 0 Å². The molecule has 0 saturated carbocycles. The Bertz CT molecular complexity index is 297. The smallest absolute Gasteiger partial charge is 0.251 e. The van der Waals surface area contributed by atoms with Crippen molar-refractivity contribution in [2.75, 3.05) is 13.1 Å². The van der Waals surface area contributed by atoms with Crippen LogP contribution < -0.4 is 11.1 Å². The summed E-state index contributed by atoms with van der Waals surface area (Å²) in [6.45, 7) is 1.09. The van der Waals surface area contributed by atoms with Crippen molar-refractivity contribution in [3.8, 4) is 0 Å². The Kier molecular flexibility index (Phi) is 4.07. The fourth-order valence-electron chi connectivity index (χ4n) is 1.01. The van der Waals surface area contributed by atoms with Gasteiger partial charge in [0.2, 0.25) is 0 Å². The molecule has 4 heteroatoms. The summed E-state index contributed by atoms with van der Waals surface area (Å²) in [5.74, 6) is -0.540. The molecule has 0 atom stereocenters. The van der Waals surface area contributed by atoms with E-state index >= 15 is 0 Å². The van der Waals surface area contributed by atoms with Gasteiger partial charge in [-0.1, -0.05) is 0 Å². The molecule has 1 aromatic rings. The molecular weight excluding hydrogens is 183 g/mol. The molecule has 0 radical (unpaired) electrons. The van der Waals surface area contributed by atoms with Crippen LogP contribution in [0.4, 0.5) is 4.39 Å². The molecule has 0 spiro atoms. The largest absolute Gasteiger partial charge is 0.352 e. The number of nitrogens with one attached hydrogen (secondary N) is 1. The van der Waals surface area contributed by atoms with E-state index in [9.17, 15) is 9.18 Å². The minimum absolute atomic E-state index is 0.196. The zero-order valence-corrected chi connectivity index (χ0v) is 7.79. The van der Waals surface area contributed by atoms with Crippen molar-refractivity contribution in [3.05, 3.63) is 35.6 Å². The molecule has 0 aliphatic carbocycles. The van der Waals surface area contributed by atoms with Crippen LogP contribution in [0.5, 0.6) is 0 Å². The number of rotatable bonds is 4. The van der Waals surface area contributed by atoms with Crippen molar-refractivity contribution in [1.29, 1.82) is 0 Å². The summed E-state index contributed by atoms with van der Waals surface area (Å²) in [4.78, 5) is 11.4. The quantitative estimate of drug-likeness (QED) is 0.703. The van der Waals surface area contributed by atoms with Crippen LogP contribution in [0, 0.1) is 5.82 Å². The molecule has 1 aromatic carbocycles. The van der Waals surface area contributed by atoms with Crippen molar-refractivity contribution in [2.45, 2.75) is 6.42 Å². The maximum Gasteiger partial charge on any atom is 0.251 e. The standard InChI is InChI=1S/C10H13FN2O/c11-9-4-2-8(3-5-9)10(14)13-7-1-6-12/h2-5H,1,6-7,12H2,(H,13,14). The van der Waals surface area contributed by atoms with Gasteiger partial charge in [0.1, 0.15) is 5.82 Å². The fourth-order valence-corrected chi connectivity index (χ4v) is 1.01. The molecule has 0 aromatic heterocycles. The zero-order valence-electron chi connectivity index (χ0n) is 7.79. The Morgan fingerprint density at radius 2 is 2.00 bits per heavy atom. The van der Waals surface area contributed by atoms with Gasteiger partial charge in [-0.2, -0.15) is 0 Å². The monoisotopic (exact) mass is 196 g/mol. The molecule has 0 heterocycles. The summed E-state index contributed by atoms with van der Waals surface area (Å²) >= 11 is 0. The van der Waals surface area contributed by atoms with Gasteiger partial charge in [-0.3, -0.25) is 4.79 Å². The number of carbonyl (C=O) groups excluding carboxylic acids is 1. The molecule has 76 valence electrons. The van der Waals surface area contributed by atoms with Crippen molar-refractivity contribution in [1.82, 2.24) is 5.32 Å². The third kappa shape index (κ3) is 3.14. The average molecular weight is 196 g/mol. The van der Waals surface area contributed by atoms with Crippen LogP contribution in [0.15, 0.2) is 24.3 Å². The Morgan fingerprint density at radius 3 is 2.57 bits per heavy atom. The van der Waals surface area contributed by atoms with Crippen LogP contribution in [0.1, 0.15) is 16.8 Å². The van der Waals surface area contributed by atoms with E-state index in [4.69, 9.17) is 5.73 Å². The first kappa shape index (κ1) is 10.7. The van der Waals surface area contributed by atoms with Crippen molar-refractivity contribution >= 4 is 5.91 Å². The molecule has 14 heavy (non-hydrogen) atoms. The maximum atomic E-state index is 12.5. The van der Waals surface area contributed by atoms with Crippen molar-refractivity contribution in [2.24, 2.45) is 5.73 Å². The Balaban J connectivity index is 2.48. The second-order valence-corrected chi connectivity index (χ2v) is 2.91. The summed E-state index contributed by atoms with van der Waals surface area (Å²) in [6.07, 6.45) is 0.743. The SMILES string of the molecule is NCCCNC(=O)c1ccc(F)cc1. The minimum atomic E-state index is -0.344. The second kappa shape index (κ2) is 5.34. The van der Waals surface area contributed by atoms with Crippen LogP contribution in [0.25, 0.3) is 0 Å². The number of hydrogen-bond donors (Lipinski definition) is 2. The summed E-state index contributed by atoms with van der Waals surface area (Å²) in [7, 11) is 0. The van der Waals surface area contributed by atoms with E-state index < -0.39 is 0 Å². The van der Waals surface area contributed by atoms with Gasteiger partial charge in [0.15, 0.2) is 0 Å². The molecule has 1 rings (SSSR count). The summed E-state index contributed by atoms with van der Waals surface area (Å²) in [5, 5.41) is 2.68. The van der Waals surface area contributed by atoms with Gasteiger partial charge in [0, 0.05) is 12.1 Å². The van der Waals surface area contributed by atoms with Crippen LogP contribution in [0.3, 0.4) is 0 Å². The molecule has 0 aliphatic rings. The number of benzene rings is 1. The number of amides is 1. The fraction of sp³-hybridized carbons (Fsp3) is 0.300. The summed E-state index contributed by atoms with van der Waals surface area (Å²) in [5.41, 5.74) is 5.73. The molecule has 3 nitrogen and oxygen atoms in total. The van der Waals surface area contributed by atoms with Gasteiger partial charge >= 0.3 is 0 Å². The number of carbonyl (C=O) groups is 1. The summed E-state index contributed by atoms with van der Waals surface area (Å²) in [6, 6.07) is 5.43. The van der Waals surface area contributed by atoms with E-state index in [2.05, 4.69) is 5.32 Å². The Hall–Kier alpha value is -1.42. The predicted molar refractivity (Wildman–Crippen MR) is 52.4 cm³/mol. The topological polar surface area (TPSA) is 55.1 Å². The Morgan fingerprint density at radius 1 is 1.36 bits per heavy atom. The molecule has 0 aliphatic heterocycles. The third-order valence-corrected chi connectivity index (χ3v) is 1.77. The first-order chi connectivity index (χ1) is 6.74. The normalized spacial score (nSPS) is 9.86.